The van der Waals surface area contributed by atoms with Crippen LogP contribution in [0.1, 0.15) is 0 Å². The number of alkyl halides is 3. The van der Waals surface area contributed by atoms with Crippen LogP contribution in [0.2, 0.25) is 0 Å². The van der Waals surface area contributed by atoms with E-state index in [4.69, 9.17) is 0 Å². The first-order chi connectivity index (χ1) is 6.54. The van der Waals surface area contributed by atoms with Crippen molar-refractivity contribution in [3.63, 3.8) is 0 Å². The molecule has 0 aliphatic carbocycles. The zero-order valence-corrected chi connectivity index (χ0v) is 8.56. The van der Waals surface area contributed by atoms with Gasteiger partial charge in [0.25, 0.3) is 0 Å². The summed E-state index contributed by atoms with van der Waals surface area (Å²) in [5, 5.41) is 0. The number of sulfonamides is 2. The van der Waals surface area contributed by atoms with Crippen LogP contribution >= 0.6 is 0 Å². The predicted molar refractivity (Wildman–Crippen MR) is 41.9 cm³/mol. The Balaban J connectivity index is 2.76. The largest absolute Gasteiger partial charge is 0.480 e. The Kier molecular flexibility index (Phi) is 3.02. The van der Waals surface area contributed by atoms with Gasteiger partial charge < -0.3 is 8.86 Å². The lowest BCUT2D eigenvalue weighted by Gasteiger charge is -2.21. The third kappa shape index (κ3) is 3.59. The van der Waals surface area contributed by atoms with Gasteiger partial charge in [0, 0.05) is 0 Å². The molecule has 11 heteroatoms. The second-order valence-electron chi connectivity index (χ2n) is 2.70. The fraction of sp³-hybridized carbons (Fsp3) is 1.00. The molecular weight excluding hydrogens is 263 g/mol. The summed E-state index contributed by atoms with van der Waals surface area (Å²) in [4.78, 5) is 0. The molecular formula is C4H5F3NO5S2-. The van der Waals surface area contributed by atoms with Crippen molar-refractivity contribution < 1.29 is 34.7 Å². The molecule has 1 aliphatic rings. The lowest BCUT2D eigenvalue weighted by atomic mass is 10.6. The number of epoxide rings is 1. The molecule has 1 aliphatic heterocycles. The first kappa shape index (κ1) is 12.7. The van der Waals surface area contributed by atoms with Crippen LogP contribution in [0.3, 0.4) is 0 Å². The third-order valence-electron chi connectivity index (χ3n) is 1.30. The SMILES string of the molecule is O=S(=O)(CC1CO1)[N-]S(=O)(=O)C(F)(F)F. The fourth-order valence-corrected chi connectivity index (χ4v) is 3.06. The van der Waals surface area contributed by atoms with E-state index < -0.39 is 37.4 Å². The molecule has 0 N–H and O–H groups in total. The molecule has 15 heavy (non-hydrogen) atoms. The summed E-state index contributed by atoms with van der Waals surface area (Å²) in [6, 6.07) is 0. The van der Waals surface area contributed by atoms with Crippen molar-refractivity contribution in [2.75, 3.05) is 12.4 Å². The van der Waals surface area contributed by atoms with Gasteiger partial charge in [-0.2, -0.15) is 13.2 Å². The molecule has 1 fully saturated rings. The molecule has 0 aromatic heterocycles. The van der Waals surface area contributed by atoms with Crippen molar-refractivity contribution >= 4 is 20.0 Å². The average molecular weight is 268 g/mol. The number of ether oxygens (including phenoxy) is 1. The summed E-state index contributed by atoms with van der Waals surface area (Å²) in [6.45, 7) is 0.0703. The lowest BCUT2D eigenvalue weighted by Crippen LogP contribution is -2.25. The molecule has 6 nitrogen and oxygen atoms in total. The van der Waals surface area contributed by atoms with Crippen LogP contribution in [0.15, 0.2) is 0 Å². The maximum Gasteiger partial charge on any atom is 0.480 e. The number of rotatable bonds is 4. The maximum atomic E-state index is 11.7. The second kappa shape index (κ2) is 3.57. The molecule has 1 atom stereocenters. The van der Waals surface area contributed by atoms with Crippen molar-refractivity contribution in [2.45, 2.75) is 11.6 Å². The highest BCUT2D eigenvalue weighted by molar-refractivity contribution is 8.12. The van der Waals surface area contributed by atoms with Crippen molar-refractivity contribution in [3.05, 3.63) is 4.13 Å². The fourth-order valence-electron chi connectivity index (χ4n) is 0.621. The van der Waals surface area contributed by atoms with Gasteiger partial charge in [0.15, 0.2) is 10.0 Å². The van der Waals surface area contributed by atoms with Gasteiger partial charge in [-0.15, -0.1) is 0 Å². The van der Waals surface area contributed by atoms with Crippen molar-refractivity contribution in [1.29, 1.82) is 0 Å². The zero-order chi connectivity index (χ0) is 11.9. The summed E-state index contributed by atoms with van der Waals surface area (Å²) < 4.78 is 83.8. The van der Waals surface area contributed by atoms with E-state index in [0.29, 0.717) is 0 Å². The van der Waals surface area contributed by atoms with E-state index in [9.17, 15) is 30.0 Å². The Hall–Kier alpha value is -0.390. The van der Waals surface area contributed by atoms with Crippen LogP contribution in [0.4, 0.5) is 13.2 Å². The van der Waals surface area contributed by atoms with Gasteiger partial charge >= 0.3 is 5.51 Å². The molecule has 0 saturated carbocycles. The molecule has 0 aromatic carbocycles. The average Bonchev–Trinajstić information content (AvgIpc) is 2.64. The minimum atomic E-state index is -5.99. The molecule has 1 rings (SSSR count). The van der Waals surface area contributed by atoms with E-state index >= 15 is 0 Å². The third-order valence-corrected chi connectivity index (χ3v) is 4.37. The first-order valence-electron chi connectivity index (χ1n) is 3.43. The van der Waals surface area contributed by atoms with E-state index in [0.717, 1.165) is 0 Å². The van der Waals surface area contributed by atoms with Gasteiger partial charge in [-0.05, 0) is 0 Å². The number of nitrogens with zero attached hydrogens (tertiary/aromatic N) is 1. The van der Waals surface area contributed by atoms with Crippen LogP contribution in [-0.2, 0) is 24.8 Å². The summed E-state index contributed by atoms with van der Waals surface area (Å²) in [6.07, 6.45) is -0.762. The van der Waals surface area contributed by atoms with Gasteiger partial charge in [-0.1, -0.05) is 0 Å². The van der Waals surface area contributed by atoms with E-state index in [1.807, 2.05) is 4.13 Å². The first-order valence-corrected chi connectivity index (χ1v) is 6.48. The topological polar surface area (TPSA) is 94.9 Å². The number of halogens is 3. The van der Waals surface area contributed by atoms with Gasteiger partial charge in [-0.3, -0.25) is 0 Å². The Morgan fingerprint density at radius 1 is 1.27 bits per heavy atom. The minimum absolute atomic E-state index is 0.0703. The minimum Gasteiger partial charge on any atom is -0.428 e. The molecule has 90 valence electrons. The zero-order valence-electron chi connectivity index (χ0n) is 6.93. The van der Waals surface area contributed by atoms with Gasteiger partial charge in [0.2, 0.25) is 0 Å². The van der Waals surface area contributed by atoms with Crippen LogP contribution in [0, 0.1) is 0 Å². The standard InChI is InChI=1S/C4H5F3NO5S2/c5-4(6,7)15(11,12)8-14(9,10)2-3-1-13-3/h3H,1-2H2/q-1. The summed E-state index contributed by atoms with van der Waals surface area (Å²) in [5.41, 5.74) is -5.70. The van der Waals surface area contributed by atoms with Crippen molar-refractivity contribution in [3.8, 4) is 0 Å². The van der Waals surface area contributed by atoms with Gasteiger partial charge in [0.1, 0.15) is 0 Å². The number of hydrogen-bond donors (Lipinski definition) is 0. The van der Waals surface area contributed by atoms with E-state index in [2.05, 4.69) is 4.74 Å². The Labute approximate surface area is 83.5 Å². The highest BCUT2D eigenvalue weighted by Gasteiger charge is 2.41. The molecule has 1 saturated heterocycles. The Morgan fingerprint density at radius 3 is 2.07 bits per heavy atom. The summed E-state index contributed by atoms with van der Waals surface area (Å²) in [7, 11) is -10.7. The molecule has 0 amide bonds. The van der Waals surface area contributed by atoms with E-state index in [1.165, 1.54) is 0 Å². The van der Waals surface area contributed by atoms with Crippen LogP contribution in [-0.4, -0.2) is 40.8 Å². The molecule has 0 aromatic rings. The van der Waals surface area contributed by atoms with Gasteiger partial charge in [0.05, 0.1) is 28.5 Å². The van der Waals surface area contributed by atoms with Crippen molar-refractivity contribution in [2.24, 2.45) is 0 Å². The van der Waals surface area contributed by atoms with Crippen LogP contribution in [0.25, 0.3) is 4.13 Å². The van der Waals surface area contributed by atoms with Crippen LogP contribution < -0.4 is 0 Å². The van der Waals surface area contributed by atoms with E-state index in [-0.39, 0.29) is 6.61 Å². The highest BCUT2D eigenvalue weighted by atomic mass is 32.3. The monoisotopic (exact) mass is 268 g/mol. The summed E-state index contributed by atoms with van der Waals surface area (Å²) >= 11 is 0. The molecule has 1 heterocycles. The van der Waals surface area contributed by atoms with Crippen molar-refractivity contribution in [1.82, 2.24) is 0 Å². The Morgan fingerprint density at radius 2 is 1.73 bits per heavy atom. The molecule has 0 bridgehead atoms. The molecule has 0 radical (unpaired) electrons. The normalized spacial score (nSPS) is 22.7. The summed E-state index contributed by atoms with van der Waals surface area (Å²) in [5.74, 6) is -0.859. The Bertz CT molecular complexity index is 433. The predicted octanol–water partition coefficient (Wildman–Crippen LogP) is -0.0617. The second-order valence-corrected chi connectivity index (χ2v) is 6.21. The van der Waals surface area contributed by atoms with Crippen LogP contribution in [0.5, 0.6) is 0 Å². The quantitative estimate of drug-likeness (QED) is 0.665. The van der Waals surface area contributed by atoms with E-state index in [1.54, 1.807) is 0 Å². The molecule has 1 unspecified atom stereocenters. The van der Waals surface area contributed by atoms with Gasteiger partial charge in [-0.25, -0.2) is 16.8 Å². The lowest BCUT2D eigenvalue weighted by molar-refractivity contribution is -0.0425. The smallest absolute Gasteiger partial charge is 0.428 e. The molecule has 0 spiro atoms. The highest BCUT2D eigenvalue weighted by Crippen LogP contribution is 2.30. The maximum absolute atomic E-state index is 11.7. The number of hydrogen-bond acceptors (Lipinski definition) is 5.